The Labute approximate surface area is 151 Å². The normalized spacial score (nSPS) is 10.1. The molecule has 0 aliphatic rings. The van der Waals surface area contributed by atoms with Gasteiger partial charge in [-0.25, -0.2) is 4.79 Å². The third-order valence-electron chi connectivity index (χ3n) is 3.69. The number of hydrogen-bond acceptors (Lipinski definition) is 5. The minimum Gasteiger partial charge on any atom is -0.490 e. The van der Waals surface area contributed by atoms with E-state index in [1.165, 1.54) is 0 Å². The van der Waals surface area contributed by atoms with Gasteiger partial charge >= 0.3 is 5.97 Å². The Balaban J connectivity index is 1.42. The number of ether oxygens (including phenoxy) is 3. The first-order chi connectivity index (χ1) is 12.8. The highest BCUT2D eigenvalue weighted by molar-refractivity contribution is 5.88. The Hall–Kier alpha value is -3.52. The lowest BCUT2D eigenvalue weighted by Crippen LogP contribution is -2.18. The van der Waals surface area contributed by atoms with Gasteiger partial charge in [0.05, 0.1) is 11.6 Å². The molecule has 0 radical (unpaired) electrons. The van der Waals surface area contributed by atoms with Crippen molar-refractivity contribution in [2.75, 3.05) is 19.8 Å². The molecule has 0 spiro atoms. The minimum absolute atomic E-state index is 0.123. The van der Waals surface area contributed by atoms with Gasteiger partial charge in [0.25, 0.3) is 0 Å². The van der Waals surface area contributed by atoms with E-state index in [1.54, 1.807) is 24.3 Å². The summed E-state index contributed by atoms with van der Waals surface area (Å²) >= 11 is 0. The van der Waals surface area contributed by atoms with Crippen molar-refractivity contribution in [3.05, 3.63) is 72.3 Å². The van der Waals surface area contributed by atoms with Crippen LogP contribution in [0.4, 0.5) is 0 Å². The molecule has 3 aromatic carbocycles. The number of esters is 1. The molecule has 0 saturated carbocycles. The zero-order valence-corrected chi connectivity index (χ0v) is 14.1. The van der Waals surface area contributed by atoms with Crippen molar-refractivity contribution in [1.29, 1.82) is 5.26 Å². The van der Waals surface area contributed by atoms with Gasteiger partial charge in [-0.1, -0.05) is 36.4 Å². The summed E-state index contributed by atoms with van der Waals surface area (Å²) in [4.78, 5) is 11.8. The van der Waals surface area contributed by atoms with Crippen LogP contribution in [0, 0.1) is 11.3 Å². The molecule has 5 nitrogen and oxygen atoms in total. The van der Waals surface area contributed by atoms with Gasteiger partial charge in [-0.15, -0.1) is 0 Å². The summed E-state index contributed by atoms with van der Waals surface area (Å²) in [6.07, 6.45) is 0. The average Bonchev–Trinajstić information content (AvgIpc) is 2.70. The van der Waals surface area contributed by atoms with Crippen LogP contribution in [0.3, 0.4) is 0 Å². The van der Waals surface area contributed by atoms with Gasteiger partial charge in [0.15, 0.2) is 6.61 Å². The molecule has 130 valence electrons. The fraction of sp³-hybridized carbons (Fsp3) is 0.143. The molecule has 26 heavy (non-hydrogen) atoms. The summed E-state index contributed by atoms with van der Waals surface area (Å²) < 4.78 is 16.1. The highest BCUT2D eigenvalue weighted by Gasteiger charge is 2.07. The van der Waals surface area contributed by atoms with E-state index >= 15 is 0 Å². The molecule has 0 aliphatic carbocycles. The average molecular weight is 347 g/mol. The largest absolute Gasteiger partial charge is 0.490 e. The number of carbonyl (C=O) groups is 1. The Morgan fingerprint density at radius 2 is 1.65 bits per heavy atom. The highest BCUT2D eigenvalue weighted by atomic mass is 16.6. The van der Waals surface area contributed by atoms with E-state index < -0.39 is 5.97 Å². The van der Waals surface area contributed by atoms with E-state index in [9.17, 15) is 4.79 Å². The second-order valence-corrected chi connectivity index (χ2v) is 5.47. The number of rotatable bonds is 7. The number of nitrogens with zero attached hydrogens (tertiary/aromatic N) is 1. The second-order valence-electron chi connectivity index (χ2n) is 5.47. The Bertz CT molecular complexity index is 923. The van der Waals surface area contributed by atoms with Crippen molar-refractivity contribution in [3.63, 3.8) is 0 Å². The predicted molar refractivity (Wildman–Crippen MR) is 97.1 cm³/mol. The fourth-order valence-corrected chi connectivity index (χ4v) is 2.44. The van der Waals surface area contributed by atoms with E-state index in [1.807, 2.05) is 48.5 Å². The van der Waals surface area contributed by atoms with Crippen molar-refractivity contribution >= 4 is 16.7 Å². The van der Waals surface area contributed by atoms with Gasteiger partial charge in [-0.3, -0.25) is 0 Å². The monoisotopic (exact) mass is 347 g/mol. The third-order valence-corrected chi connectivity index (χ3v) is 3.69. The summed E-state index contributed by atoms with van der Waals surface area (Å²) in [5.41, 5.74) is 0.564. The van der Waals surface area contributed by atoms with Crippen molar-refractivity contribution in [2.45, 2.75) is 0 Å². The van der Waals surface area contributed by atoms with Crippen LogP contribution in [0.25, 0.3) is 10.8 Å². The van der Waals surface area contributed by atoms with Gasteiger partial charge in [-0.05, 0) is 35.7 Å². The molecule has 5 heteroatoms. The maximum atomic E-state index is 11.8. The molecule has 0 atom stereocenters. The van der Waals surface area contributed by atoms with E-state index in [-0.39, 0.29) is 19.8 Å². The third kappa shape index (κ3) is 4.52. The number of nitriles is 1. The lowest BCUT2D eigenvalue weighted by Gasteiger charge is -2.10. The van der Waals surface area contributed by atoms with Crippen LogP contribution < -0.4 is 9.47 Å². The first-order valence-corrected chi connectivity index (χ1v) is 8.15. The first-order valence-electron chi connectivity index (χ1n) is 8.15. The summed E-state index contributed by atoms with van der Waals surface area (Å²) in [6.45, 7) is 0.189. The van der Waals surface area contributed by atoms with Gasteiger partial charge in [0, 0.05) is 5.39 Å². The molecular weight excluding hydrogens is 330 g/mol. The molecule has 0 aliphatic heterocycles. The van der Waals surface area contributed by atoms with Crippen LogP contribution in [0.1, 0.15) is 5.56 Å². The molecular formula is C21H17NO4. The first kappa shape index (κ1) is 17.3. The fourth-order valence-electron chi connectivity index (χ4n) is 2.44. The standard InChI is InChI=1S/C21H17NO4/c22-14-16-8-10-18(11-9-16)24-12-13-25-21(23)15-26-20-7-3-5-17-4-1-2-6-19(17)20/h1-11H,12-13,15H2. The quantitative estimate of drug-likeness (QED) is 0.481. The lowest BCUT2D eigenvalue weighted by molar-refractivity contribution is -0.146. The van der Waals surface area contributed by atoms with Gasteiger partial charge in [-0.2, -0.15) is 5.26 Å². The zero-order chi connectivity index (χ0) is 18.2. The van der Waals surface area contributed by atoms with Gasteiger partial charge in [0.1, 0.15) is 24.7 Å². The maximum Gasteiger partial charge on any atom is 0.344 e. The van der Waals surface area contributed by atoms with Crippen molar-refractivity contribution < 1.29 is 19.0 Å². The molecule has 0 N–H and O–H groups in total. The van der Waals surface area contributed by atoms with E-state index in [0.29, 0.717) is 17.1 Å². The number of hydrogen-bond donors (Lipinski definition) is 0. The summed E-state index contributed by atoms with van der Waals surface area (Å²) in [5, 5.41) is 10.7. The van der Waals surface area contributed by atoms with Crippen LogP contribution in [-0.4, -0.2) is 25.8 Å². The number of carbonyl (C=O) groups excluding carboxylic acids is 1. The maximum absolute atomic E-state index is 11.8. The molecule has 3 rings (SSSR count). The molecule has 0 saturated heterocycles. The highest BCUT2D eigenvalue weighted by Crippen LogP contribution is 2.25. The van der Waals surface area contributed by atoms with E-state index in [2.05, 4.69) is 0 Å². The van der Waals surface area contributed by atoms with Crippen LogP contribution in [0.2, 0.25) is 0 Å². The Morgan fingerprint density at radius 3 is 2.46 bits per heavy atom. The topological polar surface area (TPSA) is 68.5 Å². The molecule has 3 aromatic rings. The molecule has 0 fully saturated rings. The second kappa shape index (κ2) is 8.54. The van der Waals surface area contributed by atoms with Crippen LogP contribution in [0.5, 0.6) is 11.5 Å². The summed E-state index contributed by atoms with van der Waals surface area (Å²) in [7, 11) is 0. The summed E-state index contributed by atoms with van der Waals surface area (Å²) in [6, 6.07) is 22.3. The van der Waals surface area contributed by atoms with Crippen LogP contribution >= 0.6 is 0 Å². The Kier molecular flexibility index (Phi) is 5.69. The number of fused-ring (bicyclic) bond motifs is 1. The van der Waals surface area contributed by atoms with Crippen molar-refractivity contribution in [3.8, 4) is 17.6 Å². The van der Waals surface area contributed by atoms with Crippen LogP contribution in [0.15, 0.2) is 66.7 Å². The van der Waals surface area contributed by atoms with E-state index in [4.69, 9.17) is 19.5 Å². The Morgan fingerprint density at radius 1 is 0.885 bits per heavy atom. The smallest absolute Gasteiger partial charge is 0.344 e. The molecule has 0 bridgehead atoms. The lowest BCUT2D eigenvalue weighted by atomic mass is 10.1. The SMILES string of the molecule is N#Cc1ccc(OCCOC(=O)COc2cccc3ccccc23)cc1. The molecule has 0 amide bonds. The molecule has 0 unspecified atom stereocenters. The van der Waals surface area contributed by atoms with Crippen molar-refractivity contribution in [2.24, 2.45) is 0 Å². The van der Waals surface area contributed by atoms with Crippen LogP contribution in [-0.2, 0) is 9.53 Å². The van der Waals surface area contributed by atoms with Crippen molar-refractivity contribution in [1.82, 2.24) is 0 Å². The molecule has 0 aromatic heterocycles. The number of benzene rings is 3. The summed E-state index contributed by atoms with van der Waals surface area (Å²) in [5.74, 6) is 0.808. The van der Waals surface area contributed by atoms with E-state index in [0.717, 1.165) is 10.8 Å². The van der Waals surface area contributed by atoms with Gasteiger partial charge < -0.3 is 14.2 Å². The molecule has 0 heterocycles. The zero-order valence-electron chi connectivity index (χ0n) is 14.1. The van der Waals surface area contributed by atoms with Gasteiger partial charge in [0.2, 0.25) is 0 Å². The minimum atomic E-state index is -0.457. The predicted octanol–water partition coefficient (Wildman–Crippen LogP) is 3.71.